The summed E-state index contributed by atoms with van der Waals surface area (Å²) in [6.45, 7) is 0. The van der Waals surface area contributed by atoms with Crippen molar-refractivity contribution in [1.29, 1.82) is 0 Å². The molecule has 0 bridgehead atoms. The van der Waals surface area contributed by atoms with E-state index in [1.807, 2.05) is 59.2 Å². The van der Waals surface area contributed by atoms with Crippen molar-refractivity contribution in [3.05, 3.63) is 91.0 Å². The number of hydrogen-bond acceptors (Lipinski definition) is 5. The number of nitrogens with one attached hydrogen (secondary N) is 1. The molecule has 8 heteroatoms. The van der Waals surface area contributed by atoms with E-state index in [-0.39, 0.29) is 5.91 Å². The van der Waals surface area contributed by atoms with E-state index in [9.17, 15) is 4.79 Å². The number of nitrogens with zero attached hydrogens (tertiary/aromatic N) is 6. The maximum atomic E-state index is 12.6. The fraction of sp³-hybridized carbons (Fsp3) is 0. The van der Waals surface area contributed by atoms with Crippen LogP contribution in [0.2, 0.25) is 0 Å². The van der Waals surface area contributed by atoms with E-state index in [1.54, 1.807) is 24.5 Å². The van der Waals surface area contributed by atoms with Crippen molar-refractivity contribution >= 4 is 22.6 Å². The molecule has 1 N–H and O–H groups in total. The van der Waals surface area contributed by atoms with Gasteiger partial charge in [-0.3, -0.25) is 9.36 Å². The molecule has 0 unspecified atom stereocenters. The normalized spacial score (nSPS) is 10.9. The van der Waals surface area contributed by atoms with Gasteiger partial charge in [0.1, 0.15) is 12.7 Å². The topological polar surface area (TPSA) is 90.5 Å². The Labute approximate surface area is 165 Å². The first kappa shape index (κ1) is 16.8. The summed E-state index contributed by atoms with van der Waals surface area (Å²) < 4.78 is 3.51. The average Bonchev–Trinajstić information content (AvgIpc) is 3.45. The summed E-state index contributed by atoms with van der Waals surface area (Å²) in [6, 6.07) is 22.7. The minimum absolute atomic E-state index is 0.208. The number of anilines is 1. The molecule has 0 spiro atoms. The number of carbonyl (C=O) groups is 1. The molecule has 0 aliphatic carbocycles. The van der Waals surface area contributed by atoms with Crippen LogP contribution in [0.15, 0.2) is 85.5 Å². The maximum absolute atomic E-state index is 12.6. The molecular formula is C21H15N7O. The molecule has 140 valence electrons. The minimum atomic E-state index is -0.208. The van der Waals surface area contributed by atoms with Crippen molar-refractivity contribution < 1.29 is 4.79 Å². The van der Waals surface area contributed by atoms with Gasteiger partial charge in [0.25, 0.3) is 5.91 Å². The molecule has 2 heterocycles. The monoisotopic (exact) mass is 381 g/mol. The lowest BCUT2D eigenvalue weighted by Crippen LogP contribution is -2.12. The SMILES string of the molecule is O=C(Nc1ccc(-n2cnc3ccccc32)cc1)c1cccc(-n2cnnn2)c1. The molecule has 0 aliphatic rings. The van der Waals surface area contributed by atoms with E-state index in [2.05, 4.69) is 25.8 Å². The highest BCUT2D eigenvalue weighted by Gasteiger charge is 2.09. The van der Waals surface area contributed by atoms with Crippen molar-refractivity contribution in [1.82, 2.24) is 29.8 Å². The fourth-order valence-corrected chi connectivity index (χ4v) is 3.14. The van der Waals surface area contributed by atoms with E-state index in [4.69, 9.17) is 0 Å². The molecule has 5 aromatic rings. The van der Waals surface area contributed by atoms with Gasteiger partial charge in [-0.2, -0.15) is 0 Å². The molecule has 0 fully saturated rings. The number of rotatable bonds is 4. The molecule has 29 heavy (non-hydrogen) atoms. The molecule has 2 aromatic heterocycles. The van der Waals surface area contributed by atoms with E-state index in [0.29, 0.717) is 16.9 Å². The summed E-state index contributed by atoms with van der Waals surface area (Å²) in [4.78, 5) is 17.0. The van der Waals surface area contributed by atoms with Crippen LogP contribution in [0.1, 0.15) is 10.4 Å². The number of para-hydroxylation sites is 2. The average molecular weight is 381 g/mol. The zero-order chi connectivity index (χ0) is 19.6. The predicted octanol–water partition coefficient (Wildman–Crippen LogP) is 3.25. The molecule has 0 saturated heterocycles. The van der Waals surface area contributed by atoms with Gasteiger partial charge >= 0.3 is 0 Å². The van der Waals surface area contributed by atoms with Crippen molar-refractivity contribution in [2.75, 3.05) is 5.32 Å². The van der Waals surface area contributed by atoms with Gasteiger partial charge in [0.15, 0.2) is 0 Å². The third kappa shape index (κ3) is 3.23. The Bertz CT molecular complexity index is 1290. The first-order chi connectivity index (χ1) is 14.3. The Kier molecular flexibility index (Phi) is 4.06. The van der Waals surface area contributed by atoms with Gasteiger partial charge in [0, 0.05) is 16.9 Å². The van der Waals surface area contributed by atoms with Crippen LogP contribution in [0.3, 0.4) is 0 Å². The zero-order valence-corrected chi connectivity index (χ0v) is 15.2. The Hall–Kier alpha value is -4.33. The second-order valence-electron chi connectivity index (χ2n) is 6.41. The highest BCUT2D eigenvalue weighted by molar-refractivity contribution is 6.04. The molecule has 0 aliphatic heterocycles. The highest BCUT2D eigenvalue weighted by atomic mass is 16.1. The van der Waals surface area contributed by atoms with Crippen LogP contribution in [-0.4, -0.2) is 35.7 Å². The smallest absolute Gasteiger partial charge is 0.255 e. The Balaban J connectivity index is 1.36. The van der Waals surface area contributed by atoms with Gasteiger partial charge in [-0.15, -0.1) is 5.10 Å². The number of imidazole rings is 1. The second-order valence-corrected chi connectivity index (χ2v) is 6.41. The highest BCUT2D eigenvalue weighted by Crippen LogP contribution is 2.20. The van der Waals surface area contributed by atoms with Crippen molar-refractivity contribution in [3.63, 3.8) is 0 Å². The molecule has 1 amide bonds. The van der Waals surface area contributed by atoms with Crippen LogP contribution >= 0.6 is 0 Å². The first-order valence-electron chi connectivity index (χ1n) is 8.95. The van der Waals surface area contributed by atoms with Crippen LogP contribution < -0.4 is 5.32 Å². The molecule has 3 aromatic carbocycles. The second kappa shape index (κ2) is 7.01. The number of amides is 1. The van der Waals surface area contributed by atoms with Crippen LogP contribution in [-0.2, 0) is 0 Å². The Morgan fingerprint density at radius 3 is 2.55 bits per heavy atom. The van der Waals surface area contributed by atoms with Crippen molar-refractivity contribution in [3.8, 4) is 11.4 Å². The van der Waals surface area contributed by atoms with Crippen LogP contribution in [0.5, 0.6) is 0 Å². The zero-order valence-electron chi connectivity index (χ0n) is 15.2. The molecule has 8 nitrogen and oxygen atoms in total. The van der Waals surface area contributed by atoms with Crippen molar-refractivity contribution in [2.45, 2.75) is 0 Å². The van der Waals surface area contributed by atoms with Gasteiger partial charge in [-0.05, 0) is 65.0 Å². The predicted molar refractivity (Wildman–Crippen MR) is 108 cm³/mol. The number of fused-ring (bicyclic) bond motifs is 1. The first-order valence-corrected chi connectivity index (χ1v) is 8.95. The standard InChI is InChI=1S/C21H15N7O/c29-21(15-4-3-5-18(12-15)28-14-23-25-26-28)24-16-8-10-17(11-9-16)27-13-22-19-6-1-2-7-20(19)27/h1-14H,(H,24,29). The summed E-state index contributed by atoms with van der Waals surface area (Å²) in [5.41, 5.74) is 4.87. The summed E-state index contributed by atoms with van der Waals surface area (Å²) in [5.74, 6) is -0.208. The maximum Gasteiger partial charge on any atom is 0.255 e. The minimum Gasteiger partial charge on any atom is -0.322 e. The lowest BCUT2D eigenvalue weighted by atomic mass is 10.2. The molecule has 0 radical (unpaired) electrons. The number of benzene rings is 3. The van der Waals surface area contributed by atoms with E-state index in [1.165, 1.54) is 11.0 Å². The van der Waals surface area contributed by atoms with Crippen LogP contribution in [0.25, 0.3) is 22.4 Å². The van der Waals surface area contributed by atoms with E-state index < -0.39 is 0 Å². The Morgan fingerprint density at radius 2 is 1.72 bits per heavy atom. The quantitative estimate of drug-likeness (QED) is 0.516. The largest absolute Gasteiger partial charge is 0.322 e. The van der Waals surface area contributed by atoms with E-state index in [0.717, 1.165) is 16.7 Å². The lowest BCUT2D eigenvalue weighted by Gasteiger charge is -2.09. The van der Waals surface area contributed by atoms with Crippen LogP contribution in [0, 0.1) is 0 Å². The van der Waals surface area contributed by atoms with Gasteiger partial charge in [-0.1, -0.05) is 18.2 Å². The third-order valence-corrected chi connectivity index (χ3v) is 4.58. The number of hydrogen-bond donors (Lipinski definition) is 1. The van der Waals surface area contributed by atoms with Gasteiger partial charge in [0.05, 0.1) is 16.7 Å². The molecule has 0 atom stereocenters. The molecule has 5 rings (SSSR count). The van der Waals surface area contributed by atoms with Gasteiger partial charge in [0.2, 0.25) is 0 Å². The van der Waals surface area contributed by atoms with E-state index >= 15 is 0 Å². The van der Waals surface area contributed by atoms with Crippen molar-refractivity contribution in [2.24, 2.45) is 0 Å². The van der Waals surface area contributed by atoms with Gasteiger partial charge in [-0.25, -0.2) is 9.67 Å². The van der Waals surface area contributed by atoms with Crippen LogP contribution in [0.4, 0.5) is 5.69 Å². The molecule has 0 saturated carbocycles. The fourth-order valence-electron chi connectivity index (χ4n) is 3.14. The van der Waals surface area contributed by atoms with Gasteiger partial charge < -0.3 is 5.32 Å². The number of carbonyl (C=O) groups excluding carboxylic acids is 1. The Morgan fingerprint density at radius 1 is 0.862 bits per heavy atom. The lowest BCUT2D eigenvalue weighted by molar-refractivity contribution is 0.102. The summed E-state index contributed by atoms with van der Waals surface area (Å²) in [7, 11) is 0. The number of tetrazole rings is 1. The third-order valence-electron chi connectivity index (χ3n) is 4.58. The summed E-state index contributed by atoms with van der Waals surface area (Å²) >= 11 is 0. The number of aromatic nitrogens is 6. The summed E-state index contributed by atoms with van der Waals surface area (Å²) in [6.07, 6.45) is 3.28. The molecular weight excluding hydrogens is 366 g/mol. The summed E-state index contributed by atoms with van der Waals surface area (Å²) in [5, 5.41) is 14.0.